The van der Waals surface area contributed by atoms with Gasteiger partial charge >= 0.3 is 0 Å². The van der Waals surface area contributed by atoms with Gasteiger partial charge in [-0.25, -0.2) is 0 Å². The van der Waals surface area contributed by atoms with Crippen molar-refractivity contribution in [3.05, 3.63) is 48.8 Å². The zero-order valence-corrected chi connectivity index (χ0v) is 11.8. The fourth-order valence-corrected chi connectivity index (χ4v) is 2.35. The van der Waals surface area contributed by atoms with Gasteiger partial charge in [-0.1, -0.05) is 30.3 Å². The molecule has 0 unspecified atom stereocenters. The van der Waals surface area contributed by atoms with Crippen LogP contribution in [0, 0.1) is 6.33 Å². The Labute approximate surface area is 117 Å². The molecular formula is C16H16N2O2. The minimum Gasteiger partial charge on any atom is -0.502 e. The second-order valence-electron chi connectivity index (χ2n) is 4.52. The third-order valence-corrected chi connectivity index (χ3v) is 3.36. The zero-order valence-electron chi connectivity index (χ0n) is 11.8. The maximum atomic E-state index is 5.47. The van der Waals surface area contributed by atoms with Crippen LogP contribution >= 0.6 is 0 Å². The fraction of sp³-hybridized carbons (Fsp3) is 0.188. The summed E-state index contributed by atoms with van der Waals surface area (Å²) in [5.41, 5.74) is 3.13. The van der Waals surface area contributed by atoms with Crippen molar-refractivity contribution in [2.45, 2.75) is 0 Å². The van der Waals surface area contributed by atoms with Gasteiger partial charge in [0.2, 0.25) is 6.33 Å². The van der Waals surface area contributed by atoms with Crippen LogP contribution in [0.5, 0.6) is 11.5 Å². The first-order valence-electron chi connectivity index (χ1n) is 6.36. The van der Waals surface area contributed by atoms with Gasteiger partial charge in [-0.2, -0.15) is 0 Å². The lowest BCUT2D eigenvalue weighted by Gasteiger charge is -2.12. The van der Waals surface area contributed by atoms with Crippen molar-refractivity contribution in [2.24, 2.45) is 7.05 Å². The fourth-order valence-electron chi connectivity index (χ4n) is 2.35. The highest BCUT2D eigenvalue weighted by Gasteiger charge is 2.11. The smallest absolute Gasteiger partial charge is 0.244 e. The predicted octanol–water partition coefficient (Wildman–Crippen LogP) is 2.27. The molecule has 1 aromatic heterocycles. The number of hydrogen-bond acceptors (Lipinski definition) is 2. The predicted molar refractivity (Wildman–Crippen MR) is 76.4 cm³/mol. The summed E-state index contributed by atoms with van der Waals surface area (Å²) in [5.74, 6) is 1.52. The van der Waals surface area contributed by atoms with Crippen molar-refractivity contribution in [3.63, 3.8) is 0 Å². The molecular weight excluding hydrogens is 252 g/mol. The lowest BCUT2D eigenvalue weighted by Crippen LogP contribution is -2.26. The van der Waals surface area contributed by atoms with Crippen LogP contribution in [-0.2, 0) is 7.05 Å². The van der Waals surface area contributed by atoms with Crippen LogP contribution in [0.4, 0.5) is 0 Å². The van der Waals surface area contributed by atoms with Crippen molar-refractivity contribution in [1.29, 1.82) is 0 Å². The normalized spacial score (nSPS) is 10.8. The summed E-state index contributed by atoms with van der Waals surface area (Å²) in [6.45, 7) is 0. The third kappa shape index (κ3) is 1.90. The van der Waals surface area contributed by atoms with Crippen LogP contribution in [0.25, 0.3) is 16.7 Å². The number of ether oxygens (including phenoxy) is 2. The summed E-state index contributed by atoms with van der Waals surface area (Å²) in [5, 5.41) is 0. The lowest BCUT2D eigenvalue weighted by molar-refractivity contribution is -0.649. The number of nitrogens with zero attached hydrogens (tertiary/aromatic N) is 2. The quantitative estimate of drug-likeness (QED) is 0.538. The molecule has 1 heterocycles. The number of imidazole rings is 1. The maximum Gasteiger partial charge on any atom is 0.244 e. The summed E-state index contributed by atoms with van der Waals surface area (Å²) in [7, 11) is 5.28. The van der Waals surface area contributed by atoms with Crippen LogP contribution in [0.2, 0.25) is 0 Å². The highest BCUT2D eigenvalue weighted by molar-refractivity contribution is 5.74. The van der Waals surface area contributed by atoms with Crippen molar-refractivity contribution >= 4 is 11.0 Å². The Hall–Kier alpha value is -2.49. The number of rotatable bonds is 3. The van der Waals surface area contributed by atoms with Crippen molar-refractivity contribution in [2.75, 3.05) is 14.2 Å². The van der Waals surface area contributed by atoms with Crippen LogP contribution in [0.3, 0.4) is 0 Å². The van der Waals surface area contributed by atoms with E-state index in [0.717, 1.165) is 28.2 Å². The van der Waals surface area contributed by atoms with E-state index in [-0.39, 0.29) is 0 Å². The first-order chi connectivity index (χ1) is 9.74. The zero-order chi connectivity index (χ0) is 14.1. The molecule has 2 aromatic carbocycles. The van der Waals surface area contributed by atoms with E-state index in [1.165, 1.54) is 0 Å². The largest absolute Gasteiger partial charge is 0.502 e. The molecule has 0 amide bonds. The van der Waals surface area contributed by atoms with E-state index in [1.807, 2.05) is 46.5 Å². The second kappa shape index (κ2) is 4.89. The van der Waals surface area contributed by atoms with Crippen molar-refractivity contribution in [3.8, 4) is 17.2 Å². The standard InChI is InChI=1S/C16H16N2O2/c1-17-11-18(14-7-5-4-6-13(14)17)15-9-8-12(19-2)10-16(15)20-3/h4-10H,1-3H3. The number of hydrogen-bond donors (Lipinski definition) is 0. The number of methoxy groups -OCH3 is 2. The molecule has 0 aliphatic heterocycles. The highest BCUT2D eigenvalue weighted by Crippen LogP contribution is 2.29. The van der Waals surface area contributed by atoms with Crippen molar-refractivity contribution in [1.82, 2.24) is 4.57 Å². The molecule has 102 valence electrons. The average Bonchev–Trinajstić information content (AvgIpc) is 2.84. The molecule has 0 fully saturated rings. The van der Waals surface area contributed by atoms with E-state index in [1.54, 1.807) is 14.2 Å². The van der Waals surface area contributed by atoms with E-state index >= 15 is 0 Å². The SMILES string of the molecule is COc1ccc(-n2[c-][n+](C)c3ccccc32)c(OC)c1. The Balaban J connectivity index is 2.25. The van der Waals surface area contributed by atoms with Crippen LogP contribution in [0.15, 0.2) is 42.5 Å². The molecule has 0 N–H and O–H groups in total. The average molecular weight is 268 g/mol. The summed E-state index contributed by atoms with van der Waals surface area (Å²) >= 11 is 0. The molecule has 0 saturated carbocycles. The Morgan fingerprint density at radius 3 is 2.60 bits per heavy atom. The van der Waals surface area contributed by atoms with Gasteiger partial charge in [0.25, 0.3) is 0 Å². The Morgan fingerprint density at radius 1 is 1.05 bits per heavy atom. The van der Waals surface area contributed by atoms with Gasteiger partial charge < -0.3 is 18.6 Å². The van der Waals surface area contributed by atoms with Gasteiger partial charge in [-0.05, 0) is 6.07 Å². The van der Waals surface area contributed by atoms with Gasteiger partial charge in [0, 0.05) is 6.07 Å². The molecule has 3 rings (SSSR count). The summed E-state index contributed by atoms with van der Waals surface area (Å²) in [4.78, 5) is 0. The van der Waals surface area contributed by atoms with E-state index in [0.29, 0.717) is 0 Å². The molecule has 0 radical (unpaired) electrons. The van der Waals surface area contributed by atoms with E-state index in [2.05, 4.69) is 18.5 Å². The molecule has 0 atom stereocenters. The van der Waals surface area contributed by atoms with Crippen LogP contribution in [0.1, 0.15) is 0 Å². The molecule has 0 aliphatic rings. The number of aryl methyl sites for hydroxylation is 1. The number of aromatic nitrogens is 2. The maximum absolute atomic E-state index is 5.47. The highest BCUT2D eigenvalue weighted by atomic mass is 16.5. The minimum atomic E-state index is 0.752. The minimum absolute atomic E-state index is 0.752. The summed E-state index contributed by atoms with van der Waals surface area (Å²) in [6.07, 6.45) is 3.29. The summed E-state index contributed by atoms with van der Waals surface area (Å²) < 4.78 is 14.7. The first kappa shape index (κ1) is 12.5. The van der Waals surface area contributed by atoms with Crippen molar-refractivity contribution < 1.29 is 14.0 Å². The number of fused-ring (bicyclic) bond motifs is 1. The van der Waals surface area contributed by atoms with E-state index in [4.69, 9.17) is 9.47 Å². The molecule has 3 aromatic rings. The number of para-hydroxylation sites is 2. The van der Waals surface area contributed by atoms with Gasteiger partial charge in [0.15, 0.2) is 0 Å². The molecule has 0 aliphatic carbocycles. The Bertz CT molecular complexity index is 762. The number of benzene rings is 2. The lowest BCUT2D eigenvalue weighted by atomic mass is 10.2. The molecule has 0 bridgehead atoms. The molecule has 0 saturated heterocycles. The van der Waals surface area contributed by atoms with E-state index < -0.39 is 0 Å². The Kier molecular flexibility index (Phi) is 3.06. The van der Waals surface area contributed by atoms with Crippen LogP contribution < -0.4 is 14.0 Å². The van der Waals surface area contributed by atoms with Crippen LogP contribution in [-0.4, -0.2) is 18.8 Å². The molecule has 4 heteroatoms. The molecule has 20 heavy (non-hydrogen) atoms. The first-order valence-corrected chi connectivity index (χ1v) is 6.36. The molecule has 0 spiro atoms. The second-order valence-corrected chi connectivity index (χ2v) is 4.52. The van der Waals surface area contributed by atoms with Gasteiger partial charge in [0.1, 0.15) is 11.5 Å². The third-order valence-electron chi connectivity index (χ3n) is 3.36. The molecule has 4 nitrogen and oxygen atoms in total. The summed E-state index contributed by atoms with van der Waals surface area (Å²) in [6, 6.07) is 13.9. The topological polar surface area (TPSA) is 27.3 Å². The van der Waals surface area contributed by atoms with E-state index in [9.17, 15) is 0 Å². The van der Waals surface area contributed by atoms with Gasteiger partial charge in [-0.15, -0.1) is 0 Å². The monoisotopic (exact) mass is 268 g/mol. The van der Waals surface area contributed by atoms with Gasteiger partial charge in [0.05, 0.1) is 38.0 Å². The van der Waals surface area contributed by atoms with Gasteiger partial charge in [-0.3, -0.25) is 0 Å². The Morgan fingerprint density at radius 2 is 1.85 bits per heavy atom.